The number of hydrogen-bond donors (Lipinski definition) is 2. The Morgan fingerprint density at radius 1 is 1.37 bits per heavy atom. The first-order valence-electron chi connectivity index (χ1n) is 9.05. The number of carbonyl (C=O) groups excluding carboxylic acids is 1. The Hall–Kier alpha value is -2.87. The van der Waals surface area contributed by atoms with Crippen LogP contribution < -0.4 is 10.6 Å². The third-order valence-electron chi connectivity index (χ3n) is 5.65. The van der Waals surface area contributed by atoms with Crippen LogP contribution in [-0.2, 0) is 5.41 Å². The van der Waals surface area contributed by atoms with Crippen molar-refractivity contribution in [2.24, 2.45) is 5.92 Å². The maximum atomic E-state index is 14.2. The van der Waals surface area contributed by atoms with Crippen LogP contribution in [0.25, 0.3) is 5.65 Å². The molecule has 3 aromatic heterocycles. The molecule has 1 saturated carbocycles. The first-order chi connectivity index (χ1) is 13.0. The zero-order chi connectivity index (χ0) is 18.6. The highest BCUT2D eigenvalue weighted by molar-refractivity contribution is 6.02. The zero-order valence-electron chi connectivity index (χ0n) is 14.9. The third-order valence-corrected chi connectivity index (χ3v) is 5.65. The molecule has 5 rings (SSSR count). The van der Waals surface area contributed by atoms with Gasteiger partial charge in [0.2, 0.25) is 0 Å². The number of fused-ring (bicyclic) bond motifs is 2. The van der Waals surface area contributed by atoms with E-state index in [1.807, 2.05) is 0 Å². The quantitative estimate of drug-likeness (QED) is 0.741. The maximum Gasteiger partial charge on any atom is 0.275 e. The molecule has 0 bridgehead atoms. The summed E-state index contributed by atoms with van der Waals surface area (Å²) in [6.45, 7) is 3.79. The number of piperidine rings is 1. The molecule has 0 radical (unpaired) electrons. The van der Waals surface area contributed by atoms with E-state index >= 15 is 0 Å². The van der Waals surface area contributed by atoms with E-state index in [1.54, 1.807) is 29.9 Å². The van der Waals surface area contributed by atoms with E-state index in [9.17, 15) is 9.18 Å². The lowest BCUT2D eigenvalue weighted by Crippen LogP contribution is -2.32. The lowest BCUT2D eigenvalue weighted by Gasteiger charge is -2.21. The minimum absolute atomic E-state index is 0.140. The van der Waals surface area contributed by atoms with Gasteiger partial charge >= 0.3 is 0 Å². The fourth-order valence-corrected chi connectivity index (χ4v) is 4.13. The lowest BCUT2D eigenvalue weighted by atomic mass is 9.93. The summed E-state index contributed by atoms with van der Waals surface area (Å²) in [5.41, 5.74) is 2.59. The number of hydrogen-bond acceptors (Lipinski definition) is 5. The number of carbonyl (C=O) groups is 1. The van der Waals surface area contributed by atoms with Crippen LogP contribution in [0.2, 0.25) is 0 Å². The van der Waals surface area contributed by atoms with Crippen LogP contribution in [0.5, 0.6) is 0 Å². The molecule has 8 heteroatoms. The van der Waals surface area contributed by atoms with Gasteiger partial charge in [-0.3, -0.25) is 9.78 Å². The summed E-state index contributed by atoms with van der Waals surface area (Å²) in [5, 5.41) is 6.08. The third kappa shape index (κ3) is 2.68. The van der Waals surface area contributed by atoms with Crippen molar-refractivity contribution in [1.82, 2.24) is 24.7 Å². The monoisotopic (exact) mass is 366 g/mol. The van der Waals surface area contributed by atoms with Crippen LogP contribution in [0.15, 0.2) is 30.9 Å². The van der Waals surface area contributed by atoms with Gasteiger partial charge in [-0.15, -0.1) is 0 Å². The maximum absolute atomic E-state index is 14.2. The first-order valence-corrected chi connectivity index (χ1v) is 9.05. The van der Waals surface area contributed by atoms with Crippen LogP contribution in [-0.4, -0.2) is 38.3 Å². The fourth-order valence-electron chi connectivity index (χ4n) is 4.13. The van der Waals surface area contributed by atoms with E-state index in [0.717, 1.165) is 31.6 Å². The van der Waals surface area contributed by atoms with Crippen molar-refractivity contribution in [2.45, 2.75) is 25.2 Å². The van der Waals surface area contributed by atoms with Crippen molar-refractivity contribution in [3.05, 3.63) is 53.8 Å². The second-order valence-electron chi connectivity index (χ2n) is 7.44. The average molecular weight is 366 g/mol. The SMILES string of the molecule is Cc1cn2cc(NC(=O)c3cnc([C@]45CCNCC4C5)cn3)cc(F)c2n1. The molecule has 1 saturated heterocycles. The van der Waals surface area contributed by atoms with Gasteiger partial charge in [-0.1, -0.05) is 0 Å². The smallest absolute Gasteiger partial charge is 0.275 e. The Labute approximate surface area is 155 Å². The molecule has 1 amide bonds. The molecule has 1 aliphatic carbocycles. The van der Waals surface area contributed by atoms with Crippen molar-refractivity contribution < 1.29 is 9.18 Å². The highest BCUT2D eigenvalue weighted by atomic mass is 19.1. The van der Waals surface area contributed by atoms with Gasteiger partial charge in [0.25, 0.3) is 5.91 Å². The number of nitrogens with zero attached hydrogens (tertiary/aromatic N) is 4. The minimum atomic E-state index is -0.493. The molecule has 0 spiro atoms. The minimum Gasteiger partial charge on any atom is -0.319 e. The predicted octanol–water partition coefficient (Wildman–Crippen LogP) is 2.08. The summed E-state index contributed by atoms with van der Waals surface area (Å²) in [4.78, 5) is 25.4. The molecular formula is C19H19FN6O. The summed E-state index contributed by atoms with van der Waals surface area (Å²) in [6, 6.07) is 1.25. The van der Waals surface area contributed by atoms with Gasteiger partial charge in [-0.05, 0) is 38.8 Å². The van der Waals surface area contributed by atoms with Gasteiger partial charge in [0.15, 0.2) is 11.5 Å². The van der Waals surface area contributed by atoms with E-state index in [4.69, 9.17) is 0 Å². The number of anilines is 1. The molecule has 2 fully saturated rings. The van der Waals surface area contributed by atoms with Crippen LogP contribution in [0.4, 0.5) is 10.1 Å². The number of aromatic nitrogens is 4. The summed E-state index contributed by atoms with van der Waals surface area (Å²) in [5.74, 6) is -0.291. The summed E-state index contributed by atoms with van der Waals surface area (Å²) < 4.78 is 15.7. The molecule has 2 atom stereocenters. The molecule has 0 aromatic carbocycles. The molecule has 2 aliphatic rings. The molecule has 138 valence electrons. The summed E-state index contributed by atoms with van der Waals surface area (Å²) in [7, 11) is 0. The lowest BCUT2D eigenvalue weighted by molar-refractivity contribution is 0.102. The topological polar surface area (TPSA) is 84.2 Å². The Kier molecular flexibility index (Phi) is 3.51. The van der Waals surface area contributed by atoms with Crippen LogP contribution in [0, 0.1) is 18.7 Å². The van der Waals surface area contributed by atoms with Crippen LogP contribution >= 0.6 is 0 Å². The van der Waals surface area contributed by atoms with Gasteiger partial charge in [0, 0.05) is 30.1 Å². The number of rotatable bonds is 3. The van der Waals surface area contributed by atoms with E-state index in [1.165, 1.54) is 12.3 Å². The summed E-state index contributed by atoms with van der Waals surface area (Å²) >= 11 is 0. The number of nitrogens with one attached hydrogen (secondary N) is 2. The Morgan fingerprint density at radius 2 is 2.26 bits per heavy atom. The second kappa shape index (κ2) is 5.82. The van der Waals surface area contributed by atoms with Gasteiger partial charge in [-0.2, -0.15) is 0 Å². The van der Waals surface area contributed by atoms with E-state index < -0.39 is 11.7 Å². The van der Waals surface area contributed by atoms with E-state index in [-0.39, 0.29) is 16.8 Å². The number of imidazole rings is 1. The second-order valence-corrected chi connectivity index (χ2v) is 7.44. The molecular weight excluding hydrogens is 347 g/mol. The van der Waals surface area contributed by atoms with Crippen LogP contribution in [0.1, 0.15) is 34.7 Å². The normalized spacial score (nSPS) is 23.9. The molecule has 27 heavy (non-hydrogen) atoms. The molecule has 1 aliphatic heterocycles. The predicted molar refractivity (Wildman–Crippen MR) is 97.1 cm³/mol. The molecule has 2 N–H and O–H groups in total. The largest absolute Gasteiger partial charge is 0.319 e. The first kappa shape index (κ1) is 16.3. The van der Waals surface area contributed by atoms with Crippen molar-refractivity contribution in [3.8, 4) is 0 Å². The average Bonchev–Trinajstić information content (AvgIpc) is 3.30. The molecule has 4 heterocycles. The Morgan fingerprint density at radius 3 is 3.04 bits per heavy atom. The highest BCUT2D eigenvalue weighted by Gasteiger charge is 2.57. The number of aryl methyl sites for hydroxylation is 1. The molecule has 7 nitrogen and oxygen atoms in total. The Balaban J connectivity index is 1.35. The van der Waals surface area contributed by atoms with Gasteiger partial charge < -0.3 is 15.0 Å². The van der Waals surface area contributed by atoms with Crippen LogP contribution in [0.3, 0.4) is 0 Å². The Bertz CT molecular complexity index is 1050. The standard InChI is InChI=1S/C19H19FN6O/c1-11-9-26-10-13(4-14(20)17(26)24-11)25-18(27)15-7-23-16(8-22-15)19-2-3-21-6-12(19)5-19/h4,7-10,12,21H,2-3,5-6H2,1H3,(H,25,27)/t12?,19-/m0/s1. The van der Waals surface area contributed by atoms with Gasteiger partial charge in [-0.25, -0.2) is 14.4 Å². The van der Waals surface area contributed by atoms with Gasteiger partial charge in [0.1, 0.15) is 5.69 Å². The number of halogens is 1. The summed E-state index contributed by atoms with van der Waals surface area (Å²) in [6.07, 6.45) is 8.73. The number of pyridine rings is 1. The highest BCUT2D eigenvalue weighted by Crippen LogP contribution is 2.56. The zero-order valence-corrected chi connectivity index (χ0v) is 14.9. The van der Waals surface area contributed by atoms with Crippen molar-refractivity contribution in [2.75, 3.05) is 18.4 Å². The van der Waals surface area contributed by atoms with E-state index in [0.29, 0.717) is 17.3 Å². The molecule has 1 unspecified atom stereocenters. The van der Waals surface area contributed by atoms with Gasteiger partial charge in [0.05, 0.1) is 23.3 Å². The van der Waals surface area contributed by atoms with Crippen molar-refractivity contribution in [1.29, 1.82) is 0 Å². The van der Waals surface area contributed by atoms with Crippen molar-refractivity contribution in [3.63, 3.8) is 0 Å². The van der Waals surface area contributed by atoms with E-state index in [2.05, 4.69) is 25.6 Å². The molecule has 3 aromatic rings. The van der Waals surface area contributed by atoms with Crippen molar-refractivity contribution >= 4 is 17.2 Å². The number of amides is 1. The fraction of sp³-hybridized carbons (Fsp3) is 0.368.